The van der Waals surface area contributed by atoms with Crippen molar-refractivity contribution < 1.29 is 4.39 Å². The van der Waals surface area contributed by atoms with E-state index in [1.165, 1.54) is 12.2 Å². The fourth-order valence-corrected chi connectivity index (χ4v) is 0.654. The zero-order valence-corrected chi connectivity index (χ0v) is 7.73. The molecule has 0 aromatic rings. The van der Waals surface area contributed by atoms with Crippen LogP contribution in [0.5, 0.6) is 0 Å². The highest BCUT2D eigenvalue weighted by Gasteiger charge is 1.85. The van der Waals surface area contributed by atoms with Crippen molar-refractivity contribution in [3.8, 4) is 0 Å². The molecule has 0 aliphatic heterocycles. The van der Waals surface area contributed by atoms with Crippen molar-refractivity contribution in [1.82, 2.24) is 5.32 Å². The molecule has 0 atom stereocenters. The molecule has 0 rings (SSSR count). The summed E-state index contributed by atoms with van der Waals surface area (Å²) in [4.78, 5) is 0. The van der Waals surface area contributed by atoms with E-state index in [-0.39, 0.29) is 5.83 Å². The van der Waals surface area contributed by atoms with Gasteiger partial charge in [-0.05, 0) is 31.6 Å². The summed E-state index contributed by atoms with van der Waals surface area (Å²) in [5.41, 5.74) is 0.967. The van der Waals surface area contributed by atoms with E-state index in [9.17, 15) is 4.39 Å². The third-order valence-electron chi connectivity index (χ3n) is 1.34. The Morgan fingerprint density at radius 1 is 1.50 bits per heavy atom. The van der Waals surface area contributed by atoms with Gasteiger partial charge in [-0.25, -0.2) is 4.39 Å². The van der Waals surface area contributed by atoms with Crippen molar-refractivity contribution in [2.24, 2.45) is 0 Å². The summed E-state index contributed by atoms with van der Waals surface area (Å²) in [6.07, 6.45) is 5.35. The smallest absolute Gasteiger partial charge is 0.122 e. The van der Waals surface area contributed by atoms with Crippen LogP contribution in [0.15, 0.2) is 36.3 Å². The topological polar surface area (TPSA) is 12.0 Å². The number of rotatable bonds is 5. The van der Waals surface area contributed by atoms with E-state index in [2.05, 4.69) is 18.8 Å². The molecule has 1 N–H and O–H groups in total. The molecule has 0 unspecified atom stereocenters. The summed E-state index contributed by atoms with van der Waals surface area (Å²) in [7, 11) is 0. The quantitative estimate of drug-likeness (QED) is 0.624. The van der Waals surface area contributed by atoms with Gasteiger partial charge in [0.25, 0.3) is 0 Å². The normalized spacial score (nSPS) is 12.9. The van der Waals surface area contributed by atoms with Gasteiger partial charge in [-0.15, -0.1) is 0 Å². The lowest BCUT2D eigenvalue weighted by atomic mass is 10.3. The minimum absolute atomic E-state index is 0.312. The summed E-state index contributed by atoms with van der Waals surface area (Å²) in [5, 5.41) is 3.13. The number of nitrogens with one attached hydrogen (secondary N) is 1. The summed E-state index contributed by atoms with van der Waals surface area (Å²) in [6.45, 7) is 8.22. The van der Waals surface area contributed by atoms with Gasteiger partial charge in [-0.3, -0.25) is 0 Å². The van der Waals surface area contributed by atoms with Crippen molar-refractivity contribution in [2.45, 2.75) is 20.3 Å². The van der Waals surface area contributed by atoms with Crippen LogP contribution in [0.25, 0.3) is 0 Å². The van der Waals surface area contributed by atoms with E-state index in [1.807, 2.05) is 6.92 Å². The van der Waals surface area contributed by atoms with E-state index in [0.717, 1.165) is 18.7 Å². The molecule has 0 fully saturated rings. The lowest BCUT2D eigenvalue weighted by Crippen LogP contribution is -2.10. The molecule has 68 valence electrons. The molecule has 2 heteroatoms. The highest BCUT2D eigenvalue weighted by molar-refractivity contribution is 5.18. The third kappa shape index (κ3) is 5.71. The molecule has 0 saturated heterocycles. The molecular weight excluding hydrogens is 153 g/mol. The predicted octanol–water partition coefficient (Wildman–Crippen LogP) is 2.93. The van der Waals surface area contributed by atoms with Crippen LogP contribution in [-0.2, 0) is 0 Å². The maximum atomic E-state index is 12.5. The van der Waals surface area contributed by atoms with E-state index in [1.54, 1.807) is 6.08 Å². The first-order chi connectivity index (χ1) is 5.70. The SMILES string of the molecule is C=C/C(F)=C\C=C(/C)NCCC. The minimum Gasteiger partial charge on any atom is -0.389 e. The second-order valence-electron chi connectivity index (χ2n) is 2.53. The lowest BCUT2D eigenvalue weighted by molar-refractivity contribution is 0.667. The Kier molecular flexibility index (Phi) is 6.07. The van der Waals surface area contributed by atoms with Crippen LogP contribution in [-0.4, -0.2) is 6.54 Å². The summed E-state index contributed by atoms with van der Waals surface area (Å²) >= 11 is 0. The molecule has 0 heterocycles. The van der Waals surface area contributed by atoms with Gasteiger partial charge in [0.05, 0.1) is 0 Å². The van der Waals surface area contributed by atoms with Crippen LogP contribution in [0.3, 0.4) is 0 Å². The van der Waals surface area contributed by atoms with Gasteiger partial charge >= 0.3 is 0 Å². The monoisotopic (exact) mass is 169 g/mol. The Bertz CT molecular complexity index is 192. The van der Waals surface area contributed by atoms with Crippen molar-refractivity contribution in [3.63, 3.8) is 0 Å². The van der Waals surface area contributed by atoms with E-state index < -0.39 is 0 Å². The highest BCUT2D eigenvalue weighted by atomic mass is 19.1. The average Bonchev–Trinajstić information content (AvgIpc) is 2.10. The maximum Gasteiger partial charge on any atom is 0.122 e. The summed E-state index contributed by atoms with van der Waals surface area (Å²) in [6, 6.07) is 0. The molecule has 0 aliphatic carbocycles. The van der Waals surface area contributed by atoms with Crippen LogP contribution in [0.4, 0.5) is 4.39 Å². The molecule has 0 saturated carbocycles. The van der Waals surface area contributed by atoms with Crippen LogP contribution in [0.2, 0.25) is 0 Å². The Hall–Kier alpha value is -1.05. The first-order valence-electron chi connectivity index (χ1n) is 4.11. The molecule has 0 spiro atoms. The Morgan fingerprint density at radius 2 is 2.17 bits per heavy atom. The van der Waals surface area contributed by atoms with Crippen molar-refractivity contribution in [1.29, 1.82) is 0 Å². The van der Waals surface area contributed by atoms with Gasteiger partial charge in [0, 0.05) is 12.2 Å². The molecule has 1 nitrogen and oxygen atoms in total. The number of hydrogen-bond donors (Lipinski definition) is 1. The lowest BCUT2D eigenvalue weighted by Gasteiger charge is -2.01. The summed E-state index contributed by atoms with van der Waals surface area (Å²) in [5.74, 6) is -0.312. The Labute approximate surface area is 73.7 Å². The van der Waals surface area contributed by atoms with E-state index in [0.29, 0.717) is 0 Å². The van der Waals surface area contributed by atoms with Crippen molar-refractivity contribution in [2.75, 3.05) is 6.54 Å². The van der Waals surface area contributed by atoms with Gasteiger partial charge in [0.1, 0.15) is 5.83 Å². The van der Waals surface area contributed by atoms with Gasteiger partial charge < -0.3 is 5.32 Å². The third-order valence-corrected chi connectivity index (χ3v) is 1.34. The minimum atomic E-state index is -0.312. The Balaban J connectivity index is 3.90. The van der Waals surface area contributed by atoms with Gasteiger partial charge in [0.15, 0.2) is 0 Å². The van der Waals surface area contributed by atoms with E-state index in [4.69, 9.17) is 0 Å². The number of halogens is 1. The number of hydrogen-bond acceptors (Lipinski definition) is 1. The van der Waals surface area contributed by atoms with Gasteiger partial charge in [-0.2, -0.15) is 0 Å². The average molecular weight is 169 g/mol. The molecule has 0 aliphatic rings. The highest BCUT2D eigenvalue weighted by Crippen LogP contribution is 1.98. The van der Waals surface area contributed by atoms with Gasteiger partial charge in [0.2, 0.25) is 0 Å². The zero-order valence-electron chi connectivity index (χ0n) is 7.73. The fourth-order valence-electron chi connectivity index (χ4n) is 0.654. The first-order valence-corrected chi connectivity index (χ1v) is 4.11. The zero-order chi connectivity index (χ0) is 9.40. The molecular formula is C10H16FN. The molecule has 0 bridgehead atoms. The van der Waals surface area contributed by atoms with Crippen molar-refractivity contribution >= 4 is 0 Å². The second-order valence-corrected chi connectivity index (χ2v) is 2.53. The molecule has 0 radical (unpaired) electrons. The summed E-state index contributed by atoms with van der Waals surface area (Å²) < 4.78 is 12.5. The number of allylic oxidation sites excluding steroid dienone is 5. The van der Waals surface area contributed by atoms with Crippen LogP contribution in [0, 0.1) is 0 Å². The first kappa shape index (κ1) is 11.0. The van der Waals surface area contributed by atoms with Crippen LogP contribution < -0.4 is 5.32 Å². The molecule has 0 amide bonds. The predicted molar refractivity (Wildman–Crippen MR) is 51.4 cm³/mol. The standard InChI is InChI=1S/C10H16FN/c1-4-8-12-9(3)6-7-10(11)5-2/h5-7,12H,2,4,8H2,1,3H3/b9-6+,10-7+. The van der Waals surface area contributed by atoms with Crippen LogP contribution in [0.1, 0.15) is 20.3 Å². The Morgan fingerprint density at radius 3 is 2.67 bits per heavy atom. The van der Waals surface area contributed by atoms with Gasteiger partial charge in [-0.1, -0.05) is 13.5 Å². The second kappa shape index (κ2) is 6.65. The maximum absolute atomic E-state index is 12.5. The fraction of sp³-hybridized carbons (Fsp3) is 0.400. The molecule has 0 aromatic carbocycles. The largest absolute Gasteiger partial charge is 0.389 e. The molecule has 12 heavy (non-hydrogen) atoms. The van der Waals surface area contributed by atoms with E-state index >= 15 is 0 Å². The van der Waals surface area contributed by atoms with Crippen molar-refractivity contribution in [3.05, 3.63) is 36.3 Å². The molecule has 0 aromatic heterocycles. The van der Waals surface area contributed by atoms with Crippen LogP contribution >= 0.6 is 0 Å².